The SMILES string of the molecule is CC(CSc1nncn1N)C(=O)O. The number of nitrogen functional groups attached to an aromatic ring is 1. The number of nitrogens with zero attached hydrogens (tertiary/aromatic N) is 3. The summed E-state index contributed by atoms with van der Waals surface area (Å²) in [5, 5.41) is 16.4. The van der Waals surface area contributed by atoms with Gasteiger partial charge in [0.25, 0.3) is 0 Å². The molecule has 0 bridgehead atoms. The highest BCUT2D eigenvalue weighted by molar-refractivity contribution is 7.99. The van der Waals surface area contributed by atoms with E-state index in [9.17, 15) is 4.79 Å². The van der Waals surface area contributed by atoms with E-state index in [0.29, 0.717) is 10.9 Å². The maximum atomic E-state index is 10.5. The van der Waals surface area contributed by atoms with Gasteiger partial charge >= 0.3 is 5.97 Å². The van der Waals surface area contributed by atoms with Crippen LogP contribution in [0.1, 0.15) is 6.92 Å². The molecule has 0 saturated carbocycles. The van der Waals surface area contributed by atoms with Crippen LogP contribution in [0.3, 0.4) is 0 Å². The molecular weight excluding hydrogens is 192 g/mol. The number of aliphatic carboxylic acids is 1. The molecule has 0 saturated heterocycles. The molecule has 0 spiro atoms. The largest absolute Gasteiger partial charge is 0.481 e. The van der Waals surface area contributed by atoms with Crippen LogP contribution in [0.5, 0.6) is 0 Å². The van der Waals surface area contributed by atoms with Gasteiger partial charge in [-0.2, -0.15) is 0 Å². The zero-order chi connectivity index (χ0) is 9.84. The Balaban J connectivity index is 2.44. The van der Waals surface area contributed by atoms with Gasteiger partial charge in [-0.25, -0.2) is 4.68 Å². The fraction of sp³-hybridized carbons (Fsp3) is 0.500. The lowest BCUT2D eigenvalue weighted by molar-refractivity contribution is -0.140. The Kier molecular flexibility index (Phi) is 3.13. The third-order valence-corrected chi connectivity index (χ3v) is 2.64. The topological polar surface area (TPSA) is 94.0 Å². The van der Waals surface area contributed by atoms with Crippen LogP contribution in [-0.4, -0.2) is 31.7 Å². The molecule has 0 fully saturated rings. The highest BCUT2D eigenvalue weighted by atomic mass is 32.2. The molecule has 3 N–H and O–H groups in total. The predicted molar refractivity (Wildman–Crippen MR) is 47.7 cm³/mol. The minimum atomic E-state index is -0.824. The first kappa shape index (κ1) is 9.85. The molecule has 0 amide bonds. The van der Waals surface area contributed by atoms with E-state index in [0.717, 1.165) is 0 Å². The Morgan fingerprint density at radius 3 is 3.08 bits per heavy atom. The molecule has 0 aliphatic rings. The van der Waals surface area contributed by atoms with Crippen molar-refractivity contribution in [3.8, 4) is 0 Å². The Morgan fingerprint density at radius 2 is 2.62 bits per heavy atom. The van der Waals surface area contributed by atoms with Crippen LogP contribution < -0.4 is 5.84 Å². The zero-order valence-corrected chi connectivity index (χ0v) is 7.86. The molecule has 0 radical (unpaired) electrons. The first-order valence-electron chi connectivity index (χ1n) is 3.62. The summed E-state index contributed by atoms with van der Waals surface area (Å²) in [6.45, 7) is 1.63. The van der Waals surface area contributed by atoms with Gasteiger partial charge in [-0.3, -0.25) is 4.79 Å². The van der Waals surface area contributed by atoms with Crippen LogP contribution >= 0.6 is 11.8 Å². The molecule has 1 aromatic rings. The first-order chi connectivity index (χ1) is 6.11. The van der Waals surface area contributed by atoms with Gasteiger partial charge in [0, 0.05) is 5.75 Å². The van der Waals surface area contributed by atoms with E-state index in [1.165, 1.54) is 22.8 Å². The smallest absolute Gasteiger partial charge is 0.307 e. The van der Waals surface area contributed by atoms with E-state index in [2.05, 4.69) is 10.2 Å². The number of thioether (sulfide) groups is 1. The Bertz CT molecular complexity index is 301. The van der Waals surface area contributed by atoms with E-state index in [1.54, 1.807) is 6.92 Å². The van der Waals surface area contributed by atoms with E-state index in [1.807, 2.05) is 0 Å². The summed E-state index contributed by atoms with van der Waals surface area (Å²) >= 11 is 1.27. The summed E-state index contributed by atoms with van der Waals surface area (Å²) in [5.41, 5.74) is 0. The lowest BCUT2D eigenvalue weighted by Crippen LogP contribution is -2.13. The van der Waals surface area contributed by atoms with Crippen molar-refractivity contribution in [2.24, 2.45) is 5.92 Å². The van der Waals surface area contributed by atoms with Crippen molar-refractivity contribution in [2.75, 3.05) is 11.6 Å². The first-order valence-corrected chi connectivity index (χ1v) is 4.60. The average Bonchev–Trinajstić information content (AvgIpc) is 2.47. The minimum absolute atomic E-state index is 0.415. The molecule has 0 aliphatic heterocycles. The van der Waals surface area contributed by atoms with E-state index in [-0.39, 0.29) is 0 Å². The molecule has 6 nitrogen and oxygen atoms in total. The third kappa shape index (κ3) is 2.62. The van der Waals surface area contributed by atoms with Crippen LogP contribution in [0, 0.1) is 5.92 Å². The standard InChI is InChI=1S/C6H10N4O2S/c1-4(5(11)12)2-13-6-9-8-3-10(6)7/h3-4H,2,7H2,1H3,(H,11,12). The average molecular weight is 202 g/mol. The van der Waals surface area contributed by atoms with Gasteiger partial charge in [-0.05, 0) is 0 Å². The molecule has 0 aliphatic carbocycles. The Hall–Kier alpha value is -1.24. The van der Waals surface area contributed by atoms with E-state index < -0.39 is 11.9 Å². The Morgan fingerprint density at radius 1 is 1.92 bits per heavy atom. The van der Waals surface area contributed by atoms with E-state index in [4.69, 9.17) is 10.9 Å². The van der Waals surface area contributed by atoms with E-state index >= 15 is 0 Å². The van der Waals surface area contributed by atoms with Crippen LogP contribution in [0.25, 0.3) is 0 Å². The molecule has 1 rings (SSSR count). The lowest BCUT2D eigenvalue weighted by Gasteiger charge is -2.03. The van der Waals surface area contributed by atoms with Gasteiger partial charge in [0.1, 0.15) is 6.33 Å². The number of carboxylic acid groups (broad SMARTS) is 1. The summed E-state index contributed by atoms with van der Waals surface area (Å²) in [6, 6.07) is 0. The van der Waals surface area contributed by atoms with Gasteiger partial charge in [0.05, 0.1) is 5.92 Å². The molecule has 0 aromatic carbocycles. The normalized spacial score (nSPS) is 12.7. The van der Waals surface area contributed by atoms with Gasteiger partial charge < -0.3 is 10.9 Å². The zero-order valence-electron chi connectivity index (χ0n) is 7.04. The second-order valence-corrected chi connectivity index (χ2v) is 3.56. The molecule has 1 heterocycles. The summed E-state index contributed by atoms with van der Waals surface area (Å²) in [5.74, 6) is 4.62. The minimum Gasteiger partial charge on any atom is -0.481 e. The maximum absolute atomic E-state index is 10.5. The Labute approximate surface area is 79.1 Å². The van der Waals surface area contributed by atoms with Crippen LogP contribution in [-0.2, 0) is 4.79 Å². The second-order valence-electron chi connectivity index (χ2n) is 2.57. The number of carboxylic acids is 1. The molecule has 7 heteroatoms. The van der Waals surface area contributed by atoms with Crippen LogP contribution in [0.15, 0.2) is 11.5 Å². The number of carbonyl (C=O) groups is 1. The van der Waals surface area contributed by atoms with Crippen LogP contribution in [0.4, 0.5) is 0 Å². The van der Waals surface area contributed by atoms with Gasteiger partial charge in [-0.15, -0.1) is 10.2 Å². The lowest BCUT2D eigenvalue weighted by atomic mass is 10.2. The van der Waals surface area contributed by atoms with Crippen LogP contribution in [0.2, 0.25) is 0 Å². The van der Waals surface area contributed by atoms with Crippen molar-refractivity contribution in [1.29, 1.82) is 0 Å². The quantitative estimate of drug-likeness (QED) is 0.519. The highest BCUT2D eigenvalue weighted by Crippen LogP contribution is 2.16. The molecule has 13 heavy (non-hydrogen) atoms. The fourth-order valence-electron chi connectivity index (χ4n) is 0.606. The number of hydrogen-bond acceptors (Lipinski definition) is 5. The molecule has 1 unspecified atom stereocenters. The van der Waals surface area contributed by atoms with Crippen molar-refractivity contribution in [3.05, 3.63) is 6.33 Å². The van der Waals surface area contributed by atoms with Crippen molar-refractivity contribution in [2.45, 2.75) is 12.1 Å². The summed E-state index contributed by atoms with van der Waals surface area (Å²) in [7, 11) is 0. The number of hydrogen-bond donors (Lipinski definition) is 2. The molecule has 1 atom stereocenters. The summed E-state index contributed by atoms with van der Waals surface area (Å²) in [6.07, 6.45) is 1.37. The van der Waals surface area contributed by atoms with Crippen molar-refractivity contribution in [3.63, 3.8) is 0 Å². The number of aromatic nitrogens is 3. The molecule has 1 aromatic heterocycles. The summed E-state index contributed by atoms with van der Waals surface area (Å²) in [4.78, 5) is 10.5. The fourth-order valence-corrected chi connectivity index (χ4v) is 1.45. The van der Waals surface area contributed by atoms with Crippen molar-refractivity contribution in [1.82, 2.24) is 14.9 Å². The predicted octanol–water partition coefficient (Wildman–Crippen LogP) is -0.195. The summed E-state index contributed by atoms with van der Waals surface area (Å²) < 4.78 is 1.26. The highest BCUT2D eigenvalue weighted by Gasteiger charge is 2.12. The molecule has 72 valence electrons. The van der Waals surface area contributed by atoms with Gasteiger partial charge in [0.15, 0.2) is 0 Å². The van der Waals surface area contributed by atoms with Gasteiger partial charge in [-0.1, -0.05) is 18.7 Å². The second kappa shape index (κ2) is 4.13. The van der Waals surface area contributed by atoms with Crippen molar-refractivity contribution < 1.29 is 9.90 Å². The molecular formula is C6H10N4O2S. The van der Waals surface area contributed by atoms with Gasteiger partial charge in [0.2, 0.25) is 5.16 Å². The maximum Gasteiger partial charge on any atom is 0.307 e. The number of rotatable bonds is 4. The third-order valence-electron chi connectivity index (χ3n) is 1.42. The van der Waals surface area contributed by atoms with Crippen molar-refractivity contribution >= 4 is 17.7 Å². The number of nitrogens with two attached hydrogens (primary N) is 1. The monoisotopic (exact) mass is 202 g/mol.